The first-order chi connectivity index (χ1) is 24.6. The summed E-state index contributed by atoms with van der Waals surface area (Å²) in [4.78, 5) is 0. The summed E-state index contributed by atoms with van der Waals surface area (Å²) in [5.41, 5.74) is 4.44. The van der Waals surface area contributed by atoms with E-state index in [0.717, 1.165) is 106 Å². The largest absolute Gasteiger partial charge is 0.497 e. The highest BCUT2D eigenvalue weighted by Gasteiger charge is 2.54. The van der Waals surface area contributed by atoms with E-state index in [-0.39, 0.29) is 0 Å². The topological polar surface area (TPSA) is 36.9 Å². The number of fused-ring (bicyclic) bond motifs is 10. The van der Waals surface area contributed by atoms with Crippen LogP contribution >= 0.6 is 0 Å². The number of hydrogen-bond donors (Lipinski definition) is 0. The molecule has 50 heavy (non-hydrogen) atoms. The molecule has 4 nitrogen and oxygen atoms in total. The summed E-state index contributed by atoms with van der Waals surface area (Å²) in [6.45, 7) is 1.62. The van der Waals surface area contributed by atoms with Gasteiger partial charge in [-0.15, -0.1) is 0 Å². The molecule has 0 aromatic heterocycles. The first kappa shape index (κ1) is 32.3. The third kappa shape index (κ3) is 6.15. The highest BCUT2D eigenvalue weighted by Crippen LogP contribution is 2.62. The molecule has 3 aromatic carbocycles. The summed E-state index contributed by atoms with van der Waals surface area (Å²) in [5.74, 6) is 12.4. The molecule has 6 saturated carbocycles. The van der Waals surface area contributed by atoms with Crippen molar-refractivity contribution in [2.24, 2.45) is 59.2 Å². The number of hydrogen-bond acceptors (Lipinski definition) is 4. The van der Waals surface area contributed by atoms with Crippen molar-refractivity contribution in [3.8, 4) is 23.0 Å². The summed E-state index contributed by atoms with van der Waals surface area (Å²) in [7, 11) is 3.43. The Hall–Kier alpha value is -3.66. The van der Waals surface area contributed by atoms with Gasteiger partial charge in [0.25, 0.3) is 0 Å². The van der Waals surface area contributed by atoms with Gasteiger partial charge in [-0.05, 0) is 158 Å². The van der Waals surface area contributed by atoms with Crippen LogP contribution in [0.25, 0.3) is 24.3 Å². The average molecular weight is 671 g/mol. The predicted molar refractivity (Wildman–Crippen MR) is 202 cm³/mol. The molecule has 0 radical (unpaired) electrons. The second kappa shape index (κ2) is 13.8. The number of ether oxygens (including phenoxy) is 4. The molecule has 6 aliphatic carbocycles. The number of benzene rings is 3. The Morgan fingerprint density at radius 1 is 0.500 bits per heavy atom. The van der Waals surface area contributed by atoms with Crippen molar-refractivity contribution < 1.29 is 18.9 Å². The maximum Gasteiger partial charge on any atom is 0.127 e. The Balaban J connectivity index is 1.02. The molecule has 0 heterocycles. The summed E-state index contributed by atoms with van der Waals surface area (Å²) >= 11 is 0. The Bertz CT molecular complexity index is 1580. The quantitative estimate of drug-likeness (QED) is 0.180. The standard InChI is InChI=1S/C46H54O4/c1-47-37-17-11-29(12-18-37)9-15-31-25-46(50-28-36-22-34-24-44(36)42-8-4-6-40(34)42)32(16-10-30-13-19-38(48-2)20-14-30)26-45(31)49-27-35-21-33-23-43(35)41-7-3-5-39(33)41/h9-20,25-26,33-36,39-44H,3-8,21-24,27-28H2,1-2H3/b15-9+,16-10+. The zero-order chi connectivity index (χ0) is 33.6. The highest BCUT2D eigenvalue weighted by atomic mass is 16.5. The molecule has 4 bridgehead atoms. The smallest absolute Gasteiger partial charge is 0.127 e. The lowest BCUT2D eigenvalue weighted by molar-refractivity contribution is 0.130. The molecule has 0 aliphatic heterocycles. The predicted octanol–water partition coefficient (Wildman–Crippen LogP) is 10.9. The van der Waals surface area contributed by atoms with Gasteiger partial charge in [-0.25, -0.2) is 0 Å². The van der Waals surface area contributed by atoms with Crippen molar-refractivity contribution in [2.45, 2.75) is 64.2 Å². The zero-order valence-corrected chi connectivity index (χ0v) is 30.0. The molecule has 3 aromatic rings. The van der Waals surface area contributed by atoms with Gasteiger partial charge in [0.05, 0.1) is 27.4 Å². The fourth-order valence-electron chi connectivity index (χ4n) is 12.1. The van der Waals surface area contributed by atoms with Crippen molar-refractivity contribution in [3.05, 3.63) is 82.9 Å². The van der Waals surface area contributed by atoms with E-state index in [4.69, 9.17) is 18.9 Å². The van der Waals surface area contributed by atoms with Crippen molar-refractivity contribution in [1.82, 2.24) is 0 Å². The minimum absolute atomic E-state index is 0.671. The van der Waals surface area contributed by atoms with Crippen LogP contribution in [0.2, 0.25) is 0 Å². The highest BCUT2D eigenvalue weighted by molar-refractivity contribution is 5.79. The van der Waals surface area contributed by atoms with E-state index in [2.05, 4.69) is 60.7 Å². The van der Waals surface area contributed by atoms with E-state index in [0.29, 0.717) is 11.8 Å². The Morgan fingerprint density at radius 3 is 1.34 bits per heavy atom. The van der Waals surface area contributed by atoms with Gasteiger partial charge in [0.1, 0.15) is 23.0 Å². The molecule has 10 unspecified atom stereocenters. The van der Waals surface area contributed by atoms with Crippen LogP contribution in [0.1, 0.15) is 86.5 Å². The minimum Gasteiger partial charge on any atom is -0.497 e. The maximum absolute atomic E-state index is 6.91. The van der Waals surface area contributed by atoms with Crippen LogP contribution in [0.3, 0.4) is 0 Å². The van der Waals surface area contributed by atoms with Crippen LogP contribution < -0.4 is 18.9 Å². The fraction of sp³-hybridized carbons (Fsp3) is 0.522. The van der Waals surface area contributed by atoms with Crippen LogP contribution in [0.5, 0.6) is 23.0 Å². The van der Waals surface area contributed by atoms with Crippen molar-refractivity contribution in [1.29, 1.82) is 0 Å². The summed E-state index contributed by atoms with van der Waals surface area (Å²) < 4.78 is 24.6. The summed E-state index contributed by atoms with van der Waals surface area (Å²) in [6.07, 6.45) is 23.1. The lowest BCUT2D eigenvalue weighted by Crippen LogP contribution is -2.28. The Kier molecular flexibility index (Phi) is 8.91. The van der Waals surface area contributed by atoms with Gasteiger partial charge >= 0.3 is 0 Å². The van der Waals surface area contributed by atoms with Gasteiger partial charge in [0.15, 0.2) is 0 Å². The summed E-state index contributed by atoms with van der Waals surface area (Å²) in [5, 5.41) is 0. The van der Waals surface area contributed by atoms with Gasteiger partial charge in [-0.2, -0.15) is 0 Å². The molecule has 9 rings (SSSR count). The van der Waals surface area contributed by atoms with E-state index in [1.807, 2.05) is 24.3 Å². The molecule has 0 saturated heterocycles. The Morgan fingerprint density at radius 2 is 0.920 bits per heavy atom. The monoisotopic (exact) mass is 670 g/mol. The summed E-state index contributed by atoms with van der Waals surface area (Å²) in [6, 6.07) is 21.0. The van der Waals surface area contributed by atoms with Crippen LogP contribution in [0.15, 0.2) is 60.7 Å². The molecule has 6 aliphatic rings. The molecule has 6 fully saturated rings. The SMILES string of the molecule is COc1ccc(/C=C/c2cc(OCC3CC4CC3C3CCCC43)c(/C=C/c3ccc(OC)cc3)cc2OCC2CC3CC2C2CCCC32)cc1. The van der Waals surface area contributed by atoms with Crippen molar-refractivity contribution in [2.75, 3.05) is 27.4 Å². The van der Waals surface area contributed by atoms with Crippen LogP contribution in [0.4, 0.5) is 0 Å². The third-order valence-electron chi connectivity index (χ3n) is 14.3. The van der Waals surface area contributed by atoms with Gasteiger partial charge in [-0.1, -0.05) is 61.4 Å². The minimum atomic E-state index is 0.671. The molecule has 10 atom stereocenters. The van der Waals surface area contributed by atoms with Gasteiger partial charge < -0.3 is 18.9 Å². The molecule has 0 N–H and O–H groups in total. The zero-order valence-electron chi connectivity index (χ0n) is 30.0. The molecule has 262 valence electrons. The maximum atomic E-state index is 6.91. The van der Waals surface area contributed by atoms with Crippen LogP contribution in [-0.4, -0.2) is 27.4 Å². The van der Waals surface area contributed by atoms with E-state index in [1.54, 1.807) is 14.2 Å². The number of methoxy groups -OCH3 is 2. The van der Waals surface area contributed by atoms with Crippen molar-refractivity contribution in [3.63, 3.8) is 0 Å². The Labute approximate surface area is 299 Å². The average Bonchev–Trinajstić information content (AvgIpc) is 4.01. The second-order valence-corrected chi connectivity index (χ2v) is 16.6. The lowest BCUT2D eigenvalue weighted by Gasteiger charge is -2.32. The lowest BCUT2D eigenvalue weighted by atomic mass is 9.76. The normalized spacial score (nSPS) is 33.4. The van der Waals surface area contributed by atoms with Crippen molar-refractivity contribution >= 4 is 24.3 Å². The van der Waals surface area contributed by atoms with E-state index >= 15 is 0 Å². The third-order valence-corrected chi connectivity index (χ3v) is 14.3. The van der Waals surface area contributed by atoms with Gasteiger partial charge in [-0.3, -0.25) is 0 Å². The van der Waals surface area contributed by atoms with Gasteiger partial charge in [0, 0.05) is 11.1 Å². The van der Waals surface area contributed by atoms with E-state index in [9.17, 15) is 0 Å². The molecular weight excluding hydrogens is 617 g/mol. The van der Waals surface area contributed by atoms with Gasteiger partial charge in [0.2, 0.25) is 0 Å². The number of rotatable bonds is 12. The molecule has 0 amide bonds. The molecule has 4 heteroatoms. The van der Waals surface area contributed by atoms with Crippen LogP contribution in [-0.2, 0) is 0 Å². The van der Waals surface area contributed by atoms with E-state index < -0.39 is 0 Å². The first-order valence-corrected chi connectivity index (χ1v) is 19.7. The van der Waals surface area contributed by atoms with E-state index in [1.165, 1.54) is 64.2 Å². The molecular formula is C46H54O4. The molecule has 0 spiro atoms. The fourth-order valence-corrected chi connectivity index (χ4v) is 12.1. The van der Waals surface area contributed by atoms with Crippen LogP contribution in [0, 0.1) is 59.2 Å². The second-order valence-electron chi connectivity index (χ2n) is 16.6. The first-order valence-electron chi connectivity index (χ1n) is 19.7.